The van der Waals surface area contributed by atoms with Gasteiger partial charge in [0, 0.05) is 44.0 Å². The lowest BCUT2D eigenvalue weighted by molar-refractivity contribution is 0.661. The maximum atomic E-state index is 6.58. The van der Waals surface area contributed by atoms with Gasteiger partial charge in [0.25, 0.3) is 0 Å². The SMILES string of the molecule is CC1(C)c2ccccc2-c2cccc(N(c3ccc(-c4ccccc4)cc3)c3ccc(-c4cccc5oc6ccc(-c7ccc8c(c7)c7ccccc7n8-c7ccccc7)cc6c45)cc3)c21. The Morgan fingerprint density at radius 1 is 0.394 bits per heavy atom. The summed E-state index contributed by atoms with van der Waals surface area (Å²) in [6, 6.07) is 83.7. The number of hydrogen-bond acceptors (Lipinski definition) is 2. The van der Waals surface area contributed by atoms with Crippen LogP contribution in [0.15, 0.2) is 235 Å². The normalized spacial score (nSPS) is 12.8. The Kier molecular flexibility index (Phi) is 8.56. The Balaban J connectivity index is 0.920. The molecule has 0 aliphatic heterocycles. The number of rotatable bonds is 7. The largest absolute Gasteiger partial charge is 0.456 e. The molecule has 66 heavy (non-hydrogen) atoms. The quantitative estimate of drug-likeness (QED) is 0.159. The molecule has 10 aromatic carbocycles. The summed E-state index contributed by atoms with van der Waals surface area (Å²) >= 11 is 0. The molecule has 2 heterocycles. The lowest BCUT2D eigenvalue weighted by Crippen LogP contribution is -2.20. The van der Waals surface area contributed by atoms with Crippen LogP contribution in [0, 0.1) is 0 Å². The van der Waals surface area contributed by atoms with E-state index in [-0.39, 0.29) is 5.41 Å². The molecule has 1 aliphatic rings. The molecular weight excluding hydrogens is 801 g/mol. The predicted molar refractivity (Wildman–Crippen MR) is 277 cm³/mol. The number of fused-ring (bicyclic) bond motifs is 9. The van der Waals surface area contributed by atoms with Crippen molar-refractivity contribution < 1.29 is 4.42 Å². The third-order valence-corrected chi connectivity index (χ3v) is 14.0. The van der Waals surface area contributed by atoms with Gasteiger partial charge >= 0.3 is 0 Å². The van der Waals surface area contributed by atoms with Crippen LogP contribution < -0.4 is 4.90 Å². The van der Waals surface area contributed by atoms with Crippen molar-refractivity contribution in [2.24, 2.45) is 0 Å². The van der Waals surface area contributed by atoms with Crippen molar-refractivity contribution in [2.75, 3.05) is 4.90 Å². The first kappa shape index (κ1) is 38.1. The first-order chi connectivity index (χ1) is 32.5. The van der Waals surface area contributed by atoms with E-state index in [1.165, 1.54) is 66.4 Å². The smallest absolute Gasteiger partial charge is 0.136 e. The number of hydrogen-bond donors (Lipinski definition) is 0. The van der Waals surface area contributed by atoms with E-state index in [1.54, 1.807) is 0 Å². The van der Waals surface area contributed by atoms with Gasteiger partial charge in [-0.05, 0) is 134 Å². The van der Waals surface area contributed by atoms with Gasteiger partial charge in [-0.2, -0.15) is 0 Å². The summed E-state index contributed by atoms with van der Waals surface area (Å²) in [5, 5.41) is 4.71. The minimum absolute atomic E-state index is 0.186. The van der Waals surface area contributed by atoms with Gasteiger partial charge in [0.2, 0.25) is 0 Å². The van der Waals surface area contributed by atoms with E-state index in [0.717, 1.165) is 55.7 Å². The van der Waals surface area contributed by atoms with E-state index < -0.39 is 0 Å². The number of aromatic nitrogens is 1. The molecule has 0 radical (unpaired) electrons. The van der Waals surface area contributed by atoms with Crippen LogP contribution in [0.25, 0.3) is 93.9 Å². The fraction of sp³-hybridized carbons (Fsp3) is 0.0476. The van der Waals surface area contributed by atoms with Crippen molar-refractivity contribution in [3.63, 3.8) is 0 Å². The molecule has 0 amide bonds. The minimum atomic E-state index is -0.186. The Bertz CT molecular complexity index is 3820. The molecule has 3 heteroatoms. The van der Waals surface area contributed by atoms with E-state index in [2.05, 4.69) is 254 Å². The van der Waals surface area contributed by atoms with E-state index >= 15 is 0 Å². The number of para-hydroxylation sites is 2. The Labute approximate surface area is 384 Å². The summed E-state index contributed by atoms with van der Waals surface area (Å²) < 4.78 is 8.95. The summed E-state index contributed by atoms with van der Waals surface area (Å²) in [6.07, 6.45) is 0. The fourth-order valence-electron chi connectivity index (χ4n) is 10.9. The van der Waals surface area contributed by atoms with Crippen LogP contribution in [-0.2, 0) is 5.41 Å². The molecule has 1 aliphatic carbocycles. The second-order valence-corrected chi connectivity index (χ2v) is 18.1. The van der Waals surface area contributed by atoms with E-state index in [9.17, 15) is 0 Å². The monoisotopic (exact) mass is 844 g/mol. The second-order valence-electron chi connectivity index (χ2n) is 18.1. The molecule has 3 nitrogen and oxygen atoms in total. The average Bonchev–Trinajstić information content (AvgIpc) is 4.00. The Morgan fingerprint density at radius 3 is 1.76 bits per heavy atom. The van der Waals surface area contributed by atoms with Crippen molar-refractivity contribution in [1.82, 2.24) is 4.57 Å². The zero-order valence-corrected chi connectivity index (χ0v) is 36.7. The van der Waals surface area contributed by atoms with Crippen LogP contribution >= 0.6 is 0 Å². The fourth-order valence-corrected chi connectivity index (χ4v) is 10.9. The number of nitrogens with zero attached hydrogens (tertiary/aromatic N) is 2. The lowest BCUT2D eigenvalue weighted by Gasteiger charge is -2.32. The van der Waals surface area contributed by atoms with Crippen LogP contribution in [-0.4, -0.2) is 4.57 Å². The predicted octanol–water partition coefficient (Wildman–Crippen LogP) is 17.5. The first-order valence-electron chi connectivity index (χ1n) is 22.8. The van der Waals surface area contributed by atoms with Crippen LogP contribution in [0.3, 0.4) is 0 Å². The van der Waals surface area contributed by atoms with E-state index in [4.69, 9.17) is 4.42 Å². The van der Waals surface area contributed by atoms with Crippen molar-refractivity contribution in [1.29, 1.82) is 0 Å². The zero-order valence-electron chi connectivity index (χ0n) is 36.7. The molecule has 0 bridgehead atoms. The van der Waals surface area contributed by atoms with Gasteiger partial charge < -0.3 is 13.9 Å². The van der Waals surface area contributed by atoms with E-state index in [1.807, 2.05) is 0 Å². The Hall–Kier alpha value is -8.40. The number of benzene rings is 10. The molecule has 0 saturated heterocycles. The molecule has 0 atom stereocenters. The topological polar surface area (TPSA) is 21.3 Å². The van der Waals surface area contributed by atoms with Crippen molar-refractivity contribution in [2.45, 2.75) is 19.3 Å². The van der Waals surface area contributed by atoms with Crippen LogP contribution in [0.1, 0.15) is 25.0 Å². The van der Waals surface area contributed by atoms with Gasteiger partial charge in [0.05, 0.1) is 16.7 Å². The maximum absolute atomic E-state index is 6.58. The minimum Gasteiger partial charge on any atom is -0.456 e. The third-order valence-electron chi connectivity index (χ3n) is 14.0. The molecule has 0 saturated carbocycles. The van der Waals surface area contributed by atoms with Gasteiger partial charge in [-0.15, -0.1) is 0 Å². The molecule has 0 N–H and O–H groups in total. The average molecular weight is 845 g/mol. The zero-order chi connectivity index (χ0) is 43.9. The molecule has 0 fully saturated rings. The Morgan fingerprint density at radius 2 is 0.970 bits per heavy atom. The van der Waals surface area contributed by atoms with Gasteiger partial charge in [-0.25, -0.2) is 0 Å². The molecule has 13 rings (SSSR count). The molecule has 2 aromatic heterocycles. The van der Waals surface area contributed by atoms with Crippen molar-refractivity contribution in [3.8, 4) is 50.2 Å². The molecule has 0 spiro atoms. The summed E-state index contributed by atoms with van der Waals surface area (Å²) in [7, 11) is 0. The van der Waals surface area contributed by atoms with E-state index in [0.29, 0.717) is 0 Å². The van der Waals surface area contributed by atoms with Crippen LogP contribution in [0.5, 0.6) is 0 Å². The summed E-state index contributed by atoms with van der Waals surface area (Å²) in [5.41, 5.74) is 20.9. The lowest BCUT2D eigenvalue weighted by atomic mass is 9.81. The molecular formula is C63H44N2O. The highest BCUT2D eigenvalue weighted by atomic mass is 16.3. The summed E-state index contributed by atoms with van der Waals surface area (Å²) in [4.78, 5) is 2.44. The van der Waals surface area contributed by atoms with Gasteiger partial charge in [0.15, 0.2) is 0 Å². The second kappa shape index (κ2) is 14.8. The highest BCUT2D eigenvalue weighted by molar-refractivity contribution is 6.14. The van der Waals surface area contributed by atoms with Crippen molar-refractivity contribution in [3.05, 3.63) is 242 Å². The van der Waals surface area contributed by atoms with Gasteiger partial charge in [-0.1, -0.05) is 166 Å². The summed E-state index contributed by atoms with van der Waals surface area (Å²) in [6.45, 7) is 4.73. The molecule has 312 valence electrons. The highest BCUT2D eigenvalue weighted by Crippen LogP contribution is 2.54. The third kappa shape index (κ3) is 5.90. The van der Waals surface area contributed by atoms with Crippen LogP contribution in [0.2, 0.25) is 0 Å². The first-order valence-corrected chi connectivity index (χ1v) is 22.8. The van der Waals surface area contributed by atoms with Gasteiger partial charge in [-0.3, -0.25) is 0 Å². The number of anilines is 3. The molecule has 0 unspecified atom stereocenters. The molecule has 12 aromatic rings. The highest BCUT2D eigenvalue weighted by Gasteiger charge is 2.38. The summed E-state index contributed by atoms with van der Waals surface area (Å²) in [5.74, 6) is 0. The van der Waals surface area contributed by atoms with Crippen molar-refractivity contribution >= 4 is 60.8 Å². The number of furan rings is 1. The standard InChI is InChI=1S/C63H44N2O/c1-63(2)55-23-11-9-19-50(55)52-22-13-25-58(62(52)63)64(47-33-27-42(28-34-47)41-15-5-3-6-16-41)48-35-29-43(30-36-48)49-21-14-26-60-61(49)54-40-45(32-38-59(54)66-60)44-31-37-57-53(39-44)51-20-10-12-24-56(51)65(57)46-17-7-4-8-18-46/h3-40H,1-2H3. The van der Waals surface area contributed by atoms with Gasteiger partial charge in [0.1, 0.15) is 11.2 Å². The maximum Gasteiger partial charge on any atom is 0.136 e. The van der Waals surface area contributed by atoms with Crippen LogP contribution in [0.4, 0.5) is 17.1 Å².